The highest BCUT2D eigenvalue weighted by molar-refractivity contribution is 5.88. The lowest BCUT2D eigenvalue weighted by Gasteiger charge is -2.02. The Kier molecular flexibility index (Phi) is 2.67. The molecule has 0 unspecified atom stereocenters. The van der Waals surface area contributed by atoms with E-state index in [1.54, 1.807) is 24.9 Å². The van der Waals surface area contributed by atoms with Crippen LogP contribution in [0.25, 0.3) is 11.1 Å². The van der Waals surface area contributed by atoms with Crippen LogP contribution < -0.4 is 0 Å². The van der Waals surface area contributed by atoms with Crippen molar-refractivity contribution in [2.75, 3.05) is 0 Å². The van der Waals surface area contributed by atoms with Crippen LogP contribution in [0.1, 0.15) is 16.1 Å². The minimum Gasteiger partial charge on any atom is -0.478 e. The molecule has 2 rings (SSSR count). The average molecular weight is 234 g/mol. The summed E-state index contributed by atoms with van der Waals surface area (Å²) in [5.74, 6) is -1.70. The van der Waals surface area contributed by atoms with Crippen LogP contribution in [0.15, 0.2) is 24.4 Å². The molecule has 0 bridgehead atoms. The maximum absolute atomic E-state index is 13.8. The second kappa shape index (κ2) is 4.01. The summed E-state index contributed by atoms with van der Waals surface area (Å²) in [5, 5.41) is 12.9. The molecule has 0 radical (unpaired) electrons. The minimum absolute atomic E-state index is 0.0622. The van der Waals surface area contributed by atoms with Crippen LogP contribution in [0.3, 0.4) is 0 Å². The lowest BCUT2D eigenvalue weighted by Crippen LogP contribution is -1.97. The first-order valence-corrected chi connectivity index (χ1v) is 5.02. The van der Waals surface area contributed by atoms with Crippen LogP contribution in [0.4, 0.5) is 4.39 Å². The van der Waals surface area contributed by atoms with Crippen molar-refractivity contribution >= 4 is 5.97 Å². The summed E-state index contributed by atoms with van der Waals surface area (Å²) in [6.07, 6.45) is 1.70. The number of nitrogens with zero attached hydrogens (tertiary/aromatic N) is 2. The number of rotatable bonds is 2. The molecule has 0 aliphatic carbocycles. The number of carboxylic acids is 1. The van der Waals surface area contributed by atoms with E-state index in [4.69, 9.17) is 5.11 Å². The van der Waals surface area contributed by atoms with Gasteiger partial charge in [-0.1, -0.05) is 6.07 Å². The summed E-state index contributed by atoms with van der Waals surface area (Å²) < 4.78 is 15.4. The highest BCUT2D eigenvalue weighted by Crippen LogP contribution is 2.25. The summed E-state index contributed by atoms with van der Waals surface area (Å²) in [6.45, 7) is 1.78. The summed E-state index contributed by atoms with van der Waals surface area (Å²) in [5.41, 5.74) is 1.67. The molecule has 0 saturated carbocycles. The first-order chi connectivity index (χ1) is 7.99. The standard InChI is InChI=1S/C12H11FN2O2/c1-7-10(6-15(2)14-7)9-4-3-8(12(16)17)5-11(9)13/h3-6H,1-2H3,(H,16,17). The van der Waals surface area contributed by atoms with E-state index >= 15 is 0 Å². The molecule has 5 heteroatoms. The monoisotopic (exact) mass is 234 g/mol. The van der Waals surface area contributed by atoms with E-state index in [0.29, 0.717) is 16.8 Å². The van der Waals surface area contributed by atoms with Crippen LogP contribution >= 0.6 is 0 Å². The third-order valence-corrected chi connectivity index (χ3v) is 2.52. The highest BCUT2D eigenvalue weighted by atomic mass is 19.1. The van der Waals surface area contributed by atoms with Gasteiger partial charge < -0.3 is 5.11 Å². The number of hydrogen-bond acceptors (Lipinski definition) is 2. The van der Waals surface area contributed by atoms with E-state index in [2.05, 4.69) is 5.10 Å². The molecule has 0 atom stereocenters. The number of benzene rings is 1. The third-order valence-electron chi connectivity index (χ3n) is 2.52. The van der Waals surface area contributed by atoms with Gasteiger partial charge in [-0.3, -0.25) is 4.68 Å². The zero-order valence-corrected chi connectivity index (χ0v) is 9.44. The normalized spacial score (nSPS) is 10.5. The summed E-state index contributed by atoms with van der Waals surface area (Å²) in [4.78, 5) is 10.7. The quantitative estimate of drug-likeness (QED) is 0.866. The van der Waals surface area contributed by atoms with Gasteiger partial charge in [-0.25, -0.2) is 9.18 Å². The summed E-state index contributed by atoms with van der Waals surface area (Å²) >= 11 is 0. The van der Waals surface area contributed by atoms with Gasteiger partial charge in [0.2, 0.25) is 0 Å². The topological polar surface area (TPSA) is 55.1 Å². The van der Waals surface area contributed by atoms with Gasteiger partial charge >= 0.3 is 5.97 Å². The predicted molar refractivity (Wildman–Crippen MR) is 60.3 cm³/mol. The van der Waals surface area contributed by atoms with E-state index in [-0.39, 0.29) is 5.56 Å². The van der Waals surface area contributed by atoms with Gasteiger partial charge in [0, 0.05) is 24.4 Å². The molecule has 1 heterocycles. The molecule has 0 aliphatic rings. The van der Waals surface area contributed by atoms with Crippen molar-refractivity contribution in [1.29, 1.82) is 0 Å². The summed E-state index contributed by atoms with van der Waals surface area (Å²) in [7, 11) is 1.75. The fourth-order valence-corrected chi connectivity index (χ4v) is 1.73. The summed E-state index contributed by atoms with van der Waals surface area (Å²) in [6, 6.07) is 3.86. The molecule has 0 amide bonds. The van der Waals surface area contributed by atoms with Crippen LogP contribution in [0, 0.1) is 12.7 Å². The van der Waals surface area contributed by atoms with E-state index < -0.39 is 11.8 Å². The Morgan fingerprint density at radius 1 is 1.41 bits per heavy atom. The smallest absolute Gasteiger partial charge is 0.335 e. The maximum atomic E-state index is 13.8. The van der Waals surface area contributed by atoms with Crippen molar-refractivity contribution in [2.24, 2.45) is 7.05 Å². The molecule has 1 N–H and O–H groups in total. The van der Waals surface area contributed by atoms with Gasteiger partial charge in [-0.15, -0.1) is 0 Å². The molecule has 17 heavy (non-hydrogen) atoms. The van der Waals surface area contributed by atoms with E-state index in [0.717, 1.165) is 6.07 Å². The zero-order valence-electron chi connectivity index (χ0n) is 9.44. The molecule has 1 aromatic heterocycles. The van der Waals surface area contributed by atoms with E-state index in [1.165, 1.54) is 12.1 Å². The number of carboxylic acid groups (broad SMARTS) is 1. The molecule has 0 fully saturated rings. The van der Waals surface area contributed by atoms with Crippen LogP contribution in [0.5, 0.6) is 0 Å². The average Bonchev–Trinajstić information content (AvgIpc) is 2.57. The molecule has 0 saturated heterocycles. The minimum atomic E-state index is -1.14. The molecule has 0 aliphatic heterocycles. The van der Waals surface area contributed by atoms with E-state index in [9.17, 15) is 9.18 Å². The Bertz CT molecular complexity index is 590. The van der Waals surface area contributed by atoms with Gasteiger partial charge in [0.15, 0.2) is 0 Å². The lowest BCUT2D eigenvalue weighted by atomic mass is 10.0. The number of hydrogen-bond donors (Lipinski definition) is 1. The second-order valence-corrected chi connectivity index (χ2v) is 3.80. The fraction of sp³-hybridized carbons (Fsp3) is 0.167. The number of carbonyl (C=O) groups is 1. The molecular weight excluding hydrogens is 223 g/mol. The predicted octanol–water partition coefficient (Wildman–Crippen LogP) is 2.23. The van der Waals surface area contributed by atoms with Crippen molar-refractivity contribution in [3.8, 4) is 11.1 Å². The Hall–Kier alpha value is -2.17. The highest BCUT2D eigenvalue weighted by Gasteiger charge is 2.13. The lowest BCUT2D eigenvalue weighted by molar-refractivity contribution is 0.0696. The third kappa shape index (κ3) is 2.04. The van der Waals surface area contributed by atoms with Gasteiger partial charge in [0.25, 0.3) is 0 Å². The molecule has 1 aromatic carbocycles. The van der Waals surface area contributed by atoms with Crippen LogP contribution in [-0.4, -0.2) is 20.9 Å². The Balaban J connectivity index is 2.54. The number of aromatic nitrogens is 2. The van der Waals surface area contributed by atoms with Crippen LogP contribution in [0.2, 0.25) is 0 Å². The first-order valence-electron chi connectivity index (χ1n) is 5.02. The molecule has 88 valence electrons. The largest absolute Gasteiger partial charge is 0.478 e. The van der Waals surface area contributed by atoms with Crippen molar-refractivity contribution < 1.29 is 14.3 Å². The van der Waals surface area contributed by atoms with Crippen molar-refractivity contribution in [3.63, 3.8) is 0 Å². The first kappa shape index (κ1) is 11.3. The second-order valence-electron chi connectivity index (χ2n) is 3.80. The molecule has 2 aromatic rings. The van der Waals surface area contributed by atoms with Crippen molar-refractivity contribution in [2.45, 2.75) is 6.92 Å². The number of aromatic carboxylic acids is 1. The Morgan fingerprint density at radius 3 is 2.59 bits per heavy atom. The van der Waals surface area contributed by atoms with E-state index in [1.807, 2.05) is 0 Å². The zero-order chi connectivity index (χ0) is 12.6. The number of halogens is 1. The molecule has 0 spiro atoms. The fourth-order valence-electron chi connectivity index (χ4n) is 1.73. The van der Waals surface area contributed by atoms with Crippen molar-refractivity contribution in [3.05, 3.63) is 41.5 Å². The Morgan fingerprint density at radius 2 is 2.12 bits per heavy atom. The van der Waals surface area contributed by atoms with Gasteiger partial charge in [0.05, 0.1) is 11.3 Å². The van der Waals surface area contributed by atoms with Crippen LogP contribution in [-0.2, 0) is 7.05 Å². The SMILES string of the molecule is Cc1nn(C)cc1-c1ccc(C(=O)O)cc1F. The number of aryl methyl sites for hydroxylation is 2. The molecule has 4 nitrogen and oxygen atoms in total. The van der Waals surface area contributed by atoms with Gasteiger partial charge in [0.1, 0.15) is 5.82 Å². The van der Waals surface area contributed by atoms with Gasteiger partial charge in [-0.05, 0) is 19.1 Å². The molecular formula is C12H11FN2O2. The van der Waals surface area contributed by atoms with Gasteiger partial charge in [-0.2, -0.15) is 5.10 Å². The maximum Gasteiger partial charge on any atom is 0.335 e. The van der Waals surface area contributed by atoms with Crippen molar-refractivity contribution in [1.82, 2.24) is 9.78 Å². The Labute approximate surface area is 97.3 Å².